The van der Waals surface area contributed by atoms with Crippen LogP contribution in [0, 0.1) is 0 Å². The molecule has 1 saturated heterocycles. The second-order valence-electron chi connectivity index (χ2n) is 5.05. The number of carbonyl (C=O) groups is 3. The molecule has 3 atom stereocenters. The average Bonchev–Trinajstić information content (AvgIpc) is 2.34. The van der Waals surface area contributed by atoms with Crippen molar-refractivity contribution < 1.29 is 29.7 Å². The lowest BCUT2D eigenvalue weighted by molar-refractivity contribution is -0.148. The molecule has 12 heteroatoms. The van der Waals surface area contributed by atoms with E-state index in [0.29, 0.717) is 19.5 Å². The molecule has 1 aliphatic rings. The van der Waals surface area contributed by atoms with Gasteiger partial charge in [-0.05, 0) is 25.8 Å². The van der Waals surface area contributed by atoms with Crippen molar-refractivity contribution >= 4 is 55.1 Å². The number of carboxylic acids is 3. The summed E-state index contributed by atoms with van der Waals surface area (Å²) in [6.07, 6.45) is 0.954. The van der Waals surface area contributed by atoms with Crippen molar-refractivity contribution in [3.05, 3.63) is 0 Å². The van der Waals surface area contributed by atoms with E-state index in [9.17, 15) is 14.4 Å². The van der Waals surface area contributed by atoms with Gasteiger partial charge in [-0.1, -0.05) is 0 Å². The lowest BCUT2D eigenvalue weighted by Gasteiger charge is -2.38. The number of nitrogens with one attached hydrogen (secondary N) is 1. The van der Waals surface area contributed by atoms with E-state index in [2.05, 4.69) is 5.32 Å². The number of nitrogens with zero attached hydrogens (tertiary/aromatic N) is 1. The molecule has 1 rings (SSSR count). The maximum Gasteiger partial charge on any atom is 0.320 e. The molecule has 0 aromatic rings. The molecule has 1 fully saturated rings. The first-order chi connectivity index (χ1) is 9.82. The fourth-order valence-electron chi connectivity index (χ4n) is 2.13. The summed E-state index contributed by atoms with van der Waals surface area (Å²) in [7, 11) is 0. The molecular weight excluding hydrogens is 389 g/mol. The van der Waals surface area contributed by atoms with Gasteiger partial charge in [0.2, 0.25) is 0 Å². The second-order valence-corrected chi connectivity index (χ2v) is 5.05. The van der Waals surface area contributed by atoms with E-state index in [-0.39, 0.29) is 56.6 Å². The second kappa shape index (κ2) is 13.5. The molecule has 0 bridgehead atoms. The fraction of sp³-hybridized carbons (Fsp3) is 0.750. The van der Waals surface area contributed by atoms with Crippen molar-refractivity contribution in [3.8, 4) is 0 Å². The van der Waals surface area contributed by atoms with Crippen molar-refractivity contribution in [3.63, 3.8) is 0 Å². The molecular formula is C12H24Cl3N3O6. The molecule has 0 aliphatic carbocycles. The number of likely N-dealkylation sites (tertiary alicyclic amines) is 1. The van der Waals surface area contributed by atoms with Gasteiger partial charge >= 0.3 is 17.9 Å². The number of aliphatic carboxylic acids is 3. The minimum atomic E-state index is -1.13. The zero-order chi connectivity index (χ0) is 16.0. The summed E-state index contributed by atoms with van der Waals surface area (Å²) in [4.78, 5) is 34.2. The van der Waals surface area contributed by atoms with Crippen LogP contribution in [0.1, 0.15) is 19.3 Å². The lowest BCUT2D eigenvalue weighted by atomic mass is 10.0. The third-order valence-electron chi connectivity index (χ3n) is 3.58. The van der Waals surface area contributed by atoms with Gasteiger partial charge in [0.1, 0.15) is 18.1 Å². The monoisotopic (exact) mass is 411 g/mol. The minimum Gasteiger partial charge on any atom is -0.480 e. The molecule has 9 nitrogen and oxygen atoms in total. The quantitative estimate of drug-likeness (QED) is 0.324. The Morgan fingerprint density at radius 3 is 2.04 bits per heavy atom. The fourth-order valence-corrected chi connectivity index (χ4v) is 2.13. The Kier molecular flexibility index (Phi) is 15.7. The third-order valence-corrected chi connectivity index (χ3v) is 3.58. The molecule has 0 spiro atoms. The Morgan fingerprint density at radius 2 is 1.67 bits per heavy atom. The summed E-state index contributed by atoms with van der Waals surface area (Å²) in [6.45, 7) is 1.19. The highest BCUT2D eigenvalue weighted by molar-refractivity contribution is 5.86. The first-order valence-electron chi connectivity index (χ1n) is 6.74. The number of carboxylic acid groups (broad SMARTS) is 3. The molecule has 1 aliphatic heterocycles. The van der Waals surface area contributed by atoms with E-state index in [4.69, 9.17) is 21.1 Å². The smallest absolute Gasteiger partial charge is 0.320 e. The Labute approximate surface area is 158 Å². The van der Waals surface area contributed by atoms with Crippen LogP contribution in [-0.4, -0.2) is 75.9 Å². The standard InChI is InChI=1S/C12H21N3O6.3ClH/c13-7(10(16)17)1-4-14-8(11(18)19)2-5-15-6-3-9(15)12(20)21;;;/h7-9,14H,1-6,13H2,(H,16,17)(H,18,19)(H,20,21);3*1H/t7-,8+,9+;;;/m1.../s1. The molecule has 0 unspecified atom stereocenters. The van der Waals surface area contributed by atoms with E-state index >= 15 is 0 Å². The molecule has 1 heterocycles. The number of hydrogen-bond donors (Lipinski definition) is 5. The number of hydrogen-bond acceptors (Lipinski definition) is 6. The number of nitrogens with two attached hydrogens (primary N) is 1. The van der Waals surface area contributed by atoms with Crippen LogP contribution in [0.25, 0.3) is 0 Å². The maximum atomic E-state index is 11.1. The Hall–Kier alpha value is -0.840. The summed E-state index contributed by atoms with van der Waals surface area (Å²) in [5.41, 5.74) is 5.32. The zero-order valence-corrected chi connectivity index (χ0v) is 15.2. The number of halogens is 3. The van der Waals surface area contributed by atoms with Crippen molar-refractivity contribution in [1.29, 1.82) is 0 Å². The highest BCUT2D eigenvalue weighted by Crippen LogP contribution is 2.17. The van der Waals surface area contributed by atoms with E-state index in [1.54, 1.807) is 4.90 Å². The number of rotatable bonds is 10. The molecule has 6 N–H and O–H groups in total. The van der Waals surface area contributed by atoms with Crippen molar-refractivity contribution in [2.24, 2.45) is 5.73 Å². The summed E-state index contributed by atoms with van der Waals surface area (Å²) < 4.78 is 0. The summed E-state index contributed by atoms with van der Waals surface area (Å²) in [6, 6.07) is -2.40. The largest absolute Gasteiger partial charge is 0.480 e. The highest BCUT2D eigenvalue weighted by atomic mass is 35.5. The van der Waals surface area contributed by atoms with Crippen LogP contribution in [0.3, 0.4) is 0 Å². The van der Waals surface area contributed by atoms with Gasteiger partial charge in [0, 0.05) is 13.1 Å². The first kappa shape index (κ1) is 28.0. The summed E-state index contributed by atoms with van der Waals surface area (Å²) in [5, 5.41) is 29.3. The average molecular weight is 413 g/mol. The molecule has 0 saturated carbocycles. The van der Waals surface area contributed by atoms with Crippen LogP contribution in [0.15, 0.2) is 0 Å². The van der Waals surface area contributed by atoms with Crippen LogP contribution in [0.4, 0.5) is 0 Å². The van der Waals surface area contributed by atoms with Crippen LogP contribution in [0.5, 0.6) is 0 Å². The zero-order valence-electron chi connectivity index (χ0n) is 12.8. The molecule has 0 amide bonds. The third kappa shape index (κ3) is 8.86. The van der Waals surface area contributed by atoms with Crippen molar-refractivity contribution in [1.82, 2.24) is 10.2 Å². The molecule has 0 aromatic carbocycles. The van der Waals surface area contributed by atoms with E-state index < -0.39 is 36.0 Å². The SMILES string of the molecule is Cl.Cl.Cl.N[C@H](CCN[C@@H](CCN1CC[C@H]1C(=O)O)C(=O)O)C(=O)O. The van der Waals surface area contributed by atoms with Crippen LogP contribution >= 0.6 is 37.2 Å². The summed E-state index contributed by atoms with van der Waals surface area (Å²) in [5.74, 6) is -3.08. The van der Waals surface area contributed by atoms with Crippen LogP contribution < -0.4 is 11.1 Å². The Bertz CT molecular complexity index is 415. The predicted molar refractivity (Wildman–Crippen MR) is 93.6 cm³/mol. The van der Waals surface area contributed by atoms with Gasteiger partial charge in [0.25, 0.3) is 0 Å². The van der Waals surface area contributed by atoms with E-state index in [1.165, 1.54) is 0 Å². The summed E-state index contributed by atoms with van der Waals surface area (Å²) >= 11 is 0. The van der Waals surface area contributed by atoms with Gasteiger partial charge in [-0.15, -0.1) is 37.2 Å². The van der Waals surface area contributed by atoms with Gasteiger partial charge < -0.3 is 26.4 Å². The molecule has 0 radical (unpaired) electrons. The Balaban J connectivity index is -0.00000147. The van der Waals surface area contributed by atoms with Crippen LogP contribution in [0.2, 0.25) is 0 Å². The topological polar surface area (TPSA) is 153 Å². The van der Waals surface area contributed by atoms with Crippen molar-refractivity contribution in [2.75, 3.05) is 19.6 Å². The van der Waals surface area contributed by atoms with Gasteiger partial charge in [0.15, 0.2) is 0 Å². The lowest BCUT2D eigenvalue weighted by Crippen LogP contribution is -2.54. The normalized spacial score (nSPS) is 18.6. The van der Waals surface area contributed by atoms with Crippen molar-refractivity contribution in [2.45, 2.75) is 37.4 Å². The Morgan fingerprint density at radius 1 is 1.08 bits per heavy atom. The molecule has 144 valence electrons. The highest BCUT2D eigenvalue weighted by Gasteiger charge is 2.34. The maximum absolute atomic E-state index is 11.1. The van der Waals surface area contributed by atoms with Gasteiger partial charge in [0.05, 0.1) is 0 Å². The van der Waals surface area contributed by atoms with Crippen LogP contribution in [-0.2, 0) is 14.4 Å². The van der Waals surface area contributed by atoms with E-state index in [1.807, 2.05) is 0 Å². The molecule has 0 aromatic heterocycles. The predicted octanol–water partition coefficient (Wildman–Crippen LogP) is -0.354. The molecule has 24 heavy (non-hydrogen) atoms. The minimum absolute atomic E-state index is 0. The van der Waals surface area contributed by atoms with Gasteiger partial charge in [-0.25, -0.2) is 0 Å². The van der Waals surface area contributed by atoms with Gasteiger partial charge in [-0.2, -0.15) is 0 Å². The first-order valence-corrected chi connectivity index (χ1v) is 6.74. The van der Waals surface area contributed by atoms with E-state index in [0.717, 1.165) is 0 Å². The van der Waals surface area contributed by atoms with Gasteiger partial charge in [-0.3, -0.25) is 19.3 Å².